The Hall–Kier alpha value is -0.160. The first-order valence-corrected chi connectivity index (χ1v) is 9.48. The maximum Gasteiger partial charge on any atom is 0.0209 e. The van der Waals surface area contributed by atoms with Crippen LogP contribution in [-0.2, 0) is 0 Å². The lowest BCUT2D eigenvalue weighted by molar-refractivity contribution is 0.172. The Labute approximate surface area is 140 Å². The zero-order chi connectivity index (χ0) is 17.0. The van der Waals surface area contributed by atoms with Gasteiger partial charge in [-0.15, -0.1) is 0 Å². The molecule has 0 aliphatic heterocycles. The fourth-order valence-electron chi connectivity index (χ4n) is 3.07. The maximum atomic E-state index is 6.61. The van der Waals surface area contributed by atoms with E-state index in [-0.39, 0.29) is 6.04 Å². The van der Waals surface area contributed by atoms with E-state index in [2.05, 4.69) is 56.2 Å². The maximum absolute atomic E-state index is 6.61. The molecular weight excluding hydrogens is 272 g/mol. The summed E-state index contributed by atoms with van der Waals surface area (Å²) in [5, 5.41) is 0. The van der Waals surface area contributed by atoms with E-state index < -0.39 is 0 Å². The summed E-state index contributed by atoms with van der Waals surface area (Å²) in [6.07, 6.45) is 1.21. The van der Waals surface area contributed by atoms with Gasteiger partial charge in [0.2, 0.25) is 0 Å². The third-order valence-corrected chi connectivity index (χ3v) is 5.07. The molecule has 0 saturated heterocycles. The first-order valence-electron chi connectivity index (χ1n) is 9.48. The van der Waals surface area contributed by atoms with Gasteiger partial charge in [-0.25, -0.2) is 0 Å². The summed E-state index contributed by atoms with van der Waals surface area (Å²) >= 11 is 0. The van der Waals surface area contributed by atoms with Gasteiger partial charge in [0, 0.05) is 19.1 Å². The van der Waals surface area contributed by atoms with Crippen LogP contribution in [0, 0.1) is 5.92 Å². The summed E-state index contributed by atoms with van der Waals surface area (Å²) in [5.41, 5.74) is 6.61. The van der Waals surface area contributed by atoms with Gasteiger partial charge in [-0.1, -0.05) is 41.5 Å². The second-order valence-electron chi connectivity index (χ2n) is 6.21. The molecule has 0 aromatic heterocycles. The number of nitrogens with two attached hydrogens (primary N) is 1. The van der Waals surface area contributed by atoms with Crippen LogP contribution in [0.15, 0.2) is 0 Å². The predicted octanol–water partition coefficient (Wildman–Crippen LogP) is 2.35. The molecule has 0 rings (SSSR count). The van der Waals surface area contributed by atoms with Crippen LogP contribution in [0.2, 0.25) is 0 Å². The molecule has 4 nitrogen and oxygen atoms in total. The molecule has 0 aromatic rings. The van der Waals surface area contributed by atoms with Gasteiger partial charge in [0.05, 0.1) is 0 Å². The monoisotopic (exact) mass is 314 g/mol. The standard InChI is InChI=1S/C18H42N4/c1-7-20(8-2)14-13-17(15-21(9-3)10-4)18(19)16-22(11-5)12-6/h17-18H,7-16,19H2,1-6H3. The van der Waals surface area contributed by atoms with Crippen molar-refractivity contribution in [2.24, 2.45) is 11.7 Å². The van der Waals surface area contributed by atoms with Crippen LogP contribution >= 0.6 is 0 Å². The van der Waals surface area contributed by atoms with Crippen LogP contribution in [-0.4, -0.2) is 79.6 Å². The lowest BCUT2D eigenvalue weighted by Crippen LogP contribution is -2.47. The van der Waals surface area contributed by atoms with E-state index in [1.807, 2.05) is 0 Å². The summed E-state index contributed by atoms with van der Waals surface area (Å²) in [5.74, 6) is 0.584. The summed E-state index contributed by atoms with van der Waals surface area (Å²) in [4.78, 5) is 7.49. The molecule has 0 radical (unpaired) electrons. The third-order valence-electron chi connectivity index (χ3n) is 5.07. The van der Waals surface area contributed by atoms with Crippen molar-refractivity contribution in [2.45, 2.75) is 54.0 Å². The molecule has 0 bridgehead atoms. The highest BCUT2D eigenvalue weighted by atomic mass is 15.1. The molecule has 0 aromatic carbocycles. The largest absolute Gasteiger partial charge is 0.326 e. The zero-order valence-electron chi connectivity index (χ0n) is 16.1. The molecule has 4 heteroatoms. The highest BCUT2D eigenvalue weighted by Gasteiger charge is 2.22. The van der Waals surface area contributed by atoms with E-state index in [1.165, 1.54) is 13.0 Å². The zero-order valence-corrected chi connectivity index (χ0v) is 16.1. The minimum absolute atomic E-state index is 0.274. The fraction of sp³-hybridized carbons (Fsp3) is 1.00. The summed E-state index contributed by atoms with van der Waals surface area (Å²) in [7, 11) is 0. The average Bonchev–Trinajstić information content (AvgIpc) is 2.55. The summed E-state index contributed by atoms with van der Waals surface area (Å²) in [6, 6.07) is 0.274. The predicted molar refractivity (Wildman–Crippen MR) is 99.4 cm³/mol. The Balaban J connectivity index is 4.67. The second-order valence-corrected chi connectivity index (χ2v) is 6.21. The van der Waals surface area contributed by atoms with Gasteiger partial charge in [0.1, 0.15) is 0 Å². The van der Waals surface area contributed by atoms with Crippen molar-refractivity contribution in [3.63, 3.8) is 0 Å². The van der Waals surface area contributed by atoms with Crippen LogP contribution in [0.3, 0.4) is 0 Å². The minimum atomic E-state index is 0.274. The highest BCUT2D eigenvalue weighted by molar-refractivity contribution is 4.80. The molecule has 2 unspecified atom stereocenters. The molecule has 2 atom stereocenters. The quantitative estimate of drug-likeness (QED) is 0.534. The molecule has 134 valence electrons. The highest BCUT2D eigenvalue weighted by Crippen LogP contribution is 2.13. The normalized spacial score (nSPS) is 15.0. The molecule has 22 heavy (non-hydrogen) atoms. The van der Waals surface area contributed by atoms with Gasteiger partial charge < -0.3 is 20.4 Å². The van der Waals surface area contributed by atoms with Gasteiger partial charge in [-0.05, 0) is 58.2 Å². The molecule has 0 aliphatic carbocycles. The molecule has 0 amide bonds. The molecule has 0 saturated carbocycles. The topological polar surface area (TPSA) is 35.7 Å². The van der Waals surface area contributed by atoms with Crippen molar-refractivity contribution in [3.05, 3.63) is 0 Å². The smallest absolute Gasteiger partial charge is 0.0209 e. The van der Waals surface area contributed by atoms with E-state index in [9.17, 15) is 0 Å². The average molecular weight is 315 g/mol. The van der Waals surface area contributed by atoms with Crippen molar-refractivity contribution in [1.82, 2.24) is 14.7 Å². The molecule has 2 N–H and O–H groups in total. The van der Waals surface area contributed by atoms with Crippen LogP contribution in [0.1, 0.15) is 48.0 Å². The van der Waals surface area contributed by atoms with Crippen molar-refractivity contribution in [2.75, 3.05) is 58.9 Å². The first-order chi connectivity index (χ1) is 10.6. The van der Waals surface area contributed by atoms with Crippen LogP contribution < -0.4 is 5.73 Å². The Bertz CT molecular complexity index is 235. The van der Waals surface area contributed by atoms with Crippen molar-refractivity contribution < 1.29 is 0 Å². The summed E-state index contributed by atoms with van der Waals surface area (Å²) < 4.78 is 0. The number of likely N-dealkylation sites (N-methyl/N-ethyl adjacent to an activating group) is 1. The Morgan fingerprint density at radius 3 is 1.45 bits per heavy atom. The molecule has 0 fully saturated rings. The Morgan fingerprint density at radius 2 is 1.05 bits per heavy atom. The Morgan fingerprint density at radius 1 is 0.636 bits per heavy atom. The first kappa shape index (κ1) is 21.8. The number of hydrogen-bond donors (Lipinski definition) is 1. The number of rotatable bonds is 14. The second kappa shape index (κ2) is 13.3. The van der Waals surface area contributed by atoms with Crippen LogP contribution in [0.25, 0.3) is 0 Å². The lowest BCUT2D eigenvalue weighted by atomic mass is 9.94. The molecule has 0 heterocycles. The fourth-order valence-corrected chi connectivity index (χ4v) is 3.07. The minimum Gasteiger partial charge on any atom is -0.326 e. The van der Waals surface area contributed by atoms with Crippen LogP contribution in [0.5, 0.6) is 0 Å². The molecular formula is C18H42N4. The SMILES string of the molecule is CCN(CC)CCC(CN(CC)CC)C(N)CN(CC)CC. The van der Waals surface area contributed by atoms with Gasteiger partial charge in [-0.3, -0.25) is 0 Å². The van der Waals surface area contributed by atoms with E-state index >= 15 is 0 Å². The summed E-state index contributed by atoms with van der Waals surface area (Å²) in [6.45, 7) is 23.5. The van der Waals surface area contributed by atoms with Gasteiger partial charge in [-0.2, -0.15) is 0 Å². The molecule has 0 spiro atoms. The molecule has 0 aliphatic rings. The van der Waals surface area contributed by atoms with E-state index in [0.29, 0.717) is 5.92 Å². The lowest BCUT2D eigenvalue weighted by Gasteiger charge is -2.33. The van der Waals surface area contributed by atoms with E-state index in [1.54, 1.807) is 0 Å². The van der Waals surface area contributed by atoms with Gasteiger partial charge in [0.15, 0.2) is 0 Å². The van der Waals surface area contributed by atoms with Crippen molar-refractivity contribution in [1.29, 1.82) is 0 Å². The number of hydrogen-bond acceptors (Lipinski definition) is 4. The van der Waals surface area contributed by atoms with E-state index in [4.69, 9.17) is 5.73 Å². The van der Waals surface area contributed by atoms with Crippen LogP contribution in [0.4, 0.5) is 0 Å². The Kier molecular flexibility index (Phi) is 13.2. The van der Waals surface area contributed by atoms with Gasteiger partial charge >= 0.3 is 0 Å². The van der Waals surface area contributed by atoms with E-state index in [0.717, 1.165) is 52.4 Å². The number of nitrogens with zero attached hydrogens (tertiary/aromatic N) is 3. The van der Waals surface area contributed by atoms with Gasteiger partial charge in [0.25, 0.3) is 0 Å². The van der Waals surface area contributed by atoms with Crippen molar-refractivity contribution >= 4 is 0 Å². The third kappa shape index (κ3) is 8.47. The van der Waals surface area contributed by atoms with Crippen molar-refractivity contribution in [3.8, 4) is 0 Å².